The van der Waals surface area contributed by atoms with Crippen LogP contribution < -0.4 is 4.57 Å². The lowest BCUT2D eigenvalue weighted by atomic mass is 10.0. The van der Waals surface area contributed by atoms with Crippen molar-refractivity contribution in [3.05, 3.63) is 18.2 Å². The van der Waals surface area contributed by atoms with E-state index >= 15 is 0 Å². The van der Waals surface area contributed by atoms with E-state index in [2.05, 4.69) is 49.2 Å². The molecule has 1 heterocycles. The first-order valence-corrected chi connectivity index (χ1v) is 15.8. The molecule has 0 spiro atoms. The Hall–Kier alpha value is -0.790. The number of nitrogens with zero attached hydrogens (tertiary/aromatic N) is 2. The average molecular weight is 476 g/mol. The standard InChI is InChI=1S/C32H63N2/c1-5-7-9-11-13-14-15-16-17-18-19-20-21-22-24-26-28-33-29-30-34(31(3)4)32(33)27-25-23-12-10-8-6-2/h29-31H,5-28H2,1-4H3/q+1. The van der Waals surface area contributed by atoms with Crippen LogP contribution in [-0.2, 0) is 13.0 Å². The second kappa shape index (κ2) is 22.7. The zero-order valence-corrected chi connectivity index (χ0v) is 24.1. The highest BCUT2D eigenvalue weighted by Crippen LogP contribution is 2.15. The first-order chi connectivity index (χ1) is 16.7. The number of aromatic nitrogens is 2. The SMILES string of the molecule is CCCCCCCCCCCCCCCCCC[n+]1ccn(C(C)C)c1CCCCCCCC. The molecule has 1 rings (SSSR count). The number of unbranched alkanes of at least 4 members (excludes halogenated alkanes) is 20. The fourth-order valence-electron chi connectivity index (χ4n) is 5.31. The summed E-state index contributed by atoms with van der Waals surface area (Å²) in [5.74, 6) is 1.56. The topological polar surface area (TPSA) is 8.81 Å². The van der Waals surface area contributed by atoms with Crippen molar-refractivity contribution < 1.29 is 4.57 Å². The van der Waals surface area contributed by atoms with Crippen LogP contribution in [0.5, 0.6) is 0 Å². The number of imidazole rings is 1. The average Bonchev–Trinajstić information content (AvgIpc) is 3.24. The van der Waals surface area contributed by atoms with Gasteiger partial charge in [0.05, 0.1) is 12.6 Å². The molecule has 0 atom stereocenters. The summed E-state index contributed by atoms with van der Waals surface area (Å²) in [4.78, 5) is 0. The molecule has 0 saturated heterocycles. The van der Waals surface area contributed by atoms with E-state index in [9.17, 15) is 0 Å². The molecule has 0 aliphatic carbocycles. The molecule has 1 aromatic rings. The highest BCUT2D eigenvalue weighted by molar-refractivity contribution is 4.86. The Morgan fingerprint density at radius 3 is 1.35 bits per heavy atom. The third-order valence-electron chi connectivity index (χ3n) is 7.60. The quantitative estimate of drug-likeness (QED) is 0.0981. The van der Waals surface area contributed by atoms with Crippen molar-refractivity contribution in [2.75, 3.05) is 0 Å². The summed E-state index contributed by atoms with van der Waals surface area (Å²) < 4.78 is 5.08. The fraction of sp³-hybridized carbons (Fsp3) is 0.906. The molecule has 0 saturated carbocycles. The Balaban J connectivity index is 2.04. The summed E-state index contributed by atoms with van der Waals surface area (Å²) in [5.41, 5.74) is 0. The predicted octanol–water partition coefficient (Wildman–Crippen LogP) is 10.5. The van der Waals surface area contributed by atoms with E-state index in [4.69, 9.17) is 0 Å². The van der Waals surface area contributed by atoms with Crippen LogP contribution in [0.2, 0.25) is 0 Å². The van der Waals surface area contributed by atoms with Crippen molar-refractivity contribution in [1.29, 1.82) is 0 Å². The van der Waals surface area contributed by atoms with Gasteiger partial charge in [0, 0.05) is 6.42 Å². The van der Waals surface area contributed by atoms with Crippen molar-refractivity contribution in [3.63, 3.8) is 0 Å². The van der Waals surface area contributed by atoms with Gasteiger partial charge in [-0.3, -0.25) is 0 Å². The minimum absolute atomic E-state index is 0.571. The maximum absolute atomic E-state index is 2.57. The Bertz CT molecular complexity index is 545. The van der Waals surface area contributed by atoms with E-state index in [0.29, 0.717) is 6.04 Å². The number of hydrogen-bond acceptors (Lipinski definition) is 0. The molecule has 0 N–H and O–H groups in total. The van der Waals surface area contributed by atoms with Gasteiger partial charge in [-0.2, -0.15) is 0 Å². The van der Waals surface area contributed by atoms with E-state index in [1.807, 2.05) is 0 Å². The molecule has 34 heavy (non-hydrogen) atoms. The normalized spacial score (nSPS) is 11.7. The smallest absolute Gasteiger partial charge is 0.234 e. The first kappa shape index (κ1) is 31.2. The summed E-state index contributed by atoms with van der Waals surface area (Å²) in [6, 6.07) is 0.571. The van der Waals surface area contributed by atoms with Gasteiger partial charge < -0.3 is 0 Å². The Kier molecular flexibility index (Phi) is 20.8. The van der Waals surface area contributed by atoms with Gasteiger partial charge in [-0.25, -0.2) is 9.13 Å². The van der Waals surface area contributed by atoms with Gasteiger partial charge in [0.1, 0.15) is 12.4 Å². The van der Waals surface area contributed by atoms with Crippen molar-refractivity contribution >= 4 is 0 Å². The van der Waals surface area contributed by atoms with Gasteiger partial charge in [-0.1, -0.05) is 136 Å². The van der Waals surface area contributed by atoms with Crippen molar-refractivity contribution in [2.24, 2.45) is 0 Å². The highest BCUT2D eigenvalue weighted by atomic mass is 15.2. The van der Waals surface area contributed by atoms with Crippen LogP contribution >= 0.6 is 0 Å². The van der Waals surface area contributed by atoms with Crippen LogP contribution in [0.3, 0.4) is 0 Å². The summed E-state index contributed by atoms with van der Waals surface area (Å²) in [7, 11) is 0. The summed E-state index contributed by atoms with van der Waals surface area (Å²) in [6.45, 7) is 10.5. The molecule has 2 nitrogen and oxygen atoms in total. The van der Waals surface area contributed by atoms with Crippen LogP contribution in [0.15, 0.2) is 12.4 Å². The lowest BCUT2D eigenvalue weighted by Crippen LogP contribution is -2.37. The minimum Gasteiger partial charge on any atom is -0.234 e. The fourth-order valence-corrected chi connectivity index (χ4v) is 5.31. The second-order valence-corrected chi connectivity index (χ2v) is 11.2. The first-order valence-electron chi connectivity index (χ1n) is 15.8. The lowest BCUT2D eigenvalue weighted by Gasteiger charge is -2.08. The van der Waals surface area contributed by atoms with Crippen molar-refractivity contribution in [3.8, 4) is 0 Å². The van der Waals surface area contributed by atoms with Gasteiger partial charge in [-0.05, 0) is 33.1 Å². The van der Waals surface area contributed by atoms with E-state index in [1.165, 1.54) is 154 Å². The van der Waals surface area contributed by atoms with Gasteiger partial charge in [-0.15, -0.1) is 0 Å². The Morgan fingerprint density at radius 2 is 0.941 bits per heavy atom. The van der Waals surface area contributed by atoms with Gasteiger partial charge in [0.2, 0.25) is 0 Å². The largest absolute Gasteiger partial charge is 0.256 e. The summed E-state index contributed by atoms with van der Waals surface area (Å²) >= 11 is 0. The monoisotopic (exact) mass is 475 g/mol. The van der Waals surface area contributed by atoms with Gasteiger partial charge in [0.25, 0.3) is 5.82 Å². The Labute approximate surface area is 215 Å². The predicted molar refractivity (Wildman–Crippen MR) is 152 cm³/mol. The summed E-state index contributed by atoms with van der Waals surface area (Å²) in [5, 5.41) is 0. The van der Waals surface area contributed by atoms with Crippen LogP contribution in [0, 0.1) is 0 Å². The zero-order chi connectivity index (χ0) is 24.7. The van der Waals surface area contributed by atoms with E-state index in [-0.39, 0.29) is 0 Å². The maximum atomic E-state index is 2.57. The maximum Gasteiger partial charge on any atom is 0.256 e. The summed E-state index contributed by atoms with van der Waals surface area (Å²) in [6.07, 6.45) is 37.3. The number of rotatable bonds is 25. The van der Waals surface area contributed by atoms with Crippen molar-refractivity contribution in [2.45, 2.75) is 188 Å². The minimum atomic E-state index is 0.571. The highest BCUT2D eigenvalue weighted by Gasteiger charge is 2.18. The molecule has 1 aromatic heterocycles. The second-order valence-electron chi connectivity index (χ2n) is 11.2. The molecule has 0 radical (unpaired) electrons. The molecule has 0 amide bonds. The van der Waals surface area contributed by atoms with Crippen LogP contribution in [-0.4, -0.2) is 4.57 Å². The molecule has 0 aliphatic heterocycles. The molecule has 2 heteroatoms. The van der Waals surface area contributed by atoms with E-state index < -0.39 is 0 Å². The molecule has 0 fully saturated rings. The van der Waals surface area contributed by atoms with Crippen LogP contribution in [0.1, 0.15) is 181 Å². The molecular weight excluding hydrogens is 412 g/mol. The third-order valence-corrected chi connectivity index (χ3v) is 7.60. The van der Waals surface area contributed by atoms with Crippen LogP contribution in [0.25, 0.3) is 0 Å². The Morgan fingerprint density at radius 1 is 0.559 bits per heavy atom. The van der Waals surface area contributed by atoms with Gasteiger partial charge in [0.15, 0.2) is 0 Å². The molecule has 0 unspecified atom stereocenters. The number of hydrogen-bond donors (Lipinski definition) is 0. The number of aryl methyl sites for hydroxylation is 1. The molecule has 0 aromatic carbocycles. The van der Waals surface area contributed by atoms with Crippen LogP contribution in [0.4, 0.5) is 0 Å². The molecule has 0 bridgehead atoms. The molecule has 200 valence electrons. The molecule has 0 aliphatic rings. The van der Waals surface area contributed by atoms with Crippen molar-refractivity contribution in [1.82, 2.24) is 4.57 Å². The lowest BCUT2D eigenvalue weighted by molar-refractivity contribution is -0.704. The van der Waals surface area contributed by atoms with E-state index in [0.717, 1.165) is 0 Å². The third kappa shape index (κ3) is 16.0. The zero-order valence-electron chi connectivity index (χ0n) is 24.1. The van der Waals surface area contributed by atoms with E-state index in [1.54, 1.807) is 5.82 Å². The molecular formula is C32H63N2+. The van der Waals surface area contributed by atoms with Gasteiger partial charge >= 0.3 is 0 Å².